The van der Waals surface area contributed by atoms with Crippen LogP contribution in [0.5, 0.6) is 0 Å². The first-order chi connectivity index (χ1) is 12.0. The molecule has 2 heterocycles. The first-order valence-corrected chi connectivity index (χ1v) is 8.07. The number of primary amides is 1. The highest BCUT2D eigenvalue weighted by atomic mass is 16.3. The normalized spacial score (nSPS) is 17.1. The van der Waals surface area contributed by atoms with Crippen molar-refractivity contribution in [2.75, 3.05) is 18.4 Å². The van der Waals surface area contributed by atoms with Crippen LogP contribution < -0.4 is 11.1 Å². The maximum atomic E-state index is 12.5. The smallest absolute Gasteiger partial charge is 0.257 e. The molecule has 7 nitrogen and oxygen atoms in total. The summed E-state index contributed by atoms with van der Waals surface area (Å²) < 4.78 is 4.95. The van der Waals surface area contributed by atoms with Crippen LogP contribution in [0.1, 0.15) is 33.6 Å². The van der Waals surface area contributed by atoms with E-state index >= 15 is 0 Å². The van der Waals surface area contributed by atoms with Crippen LogP contribution in [0.4, 0.5) is 5.69 Å². The lowest BCUT2D eigenvalue weighted by Gasteiger charge is -2.31. The van der Waals surface area contributed by atoms with Crippen molar-refractivity contribution in [1.82, 2.24) is 4.90 Å². The van der Waals surface area contributed by atoms with E-state index < -0.39 is 5.91 Å². The van der Waals surface area contributed by atoms with Crippen molar-refractivity contribution in [3.63, 3.8) is 0 Å². The van der Waals surface area contributed by atoms with Gasteiger partial charge in [0, 0.05) is 24.3 Å². The Morgan fingerprint density at radius 3 is 2.52 bits per heavy atom. The summed E-state index contributed by atoms with van der Waals surface area (Å²) in [5.74, 6) is -1.06. The van der Waals surface area contributed by atoms with Crippen molar-refractivity contribution in [3.8, 4) is 0 Å². The fourth-order valence-corrected chi connectivity index (χ4v) is 2.91. The summed E-state index contributed by atoms with van der Waals surface area (Å²) in [6.07, 6.45) is 4.35. The number of amides is 3. The van der Waals surface area contributed by atoms with Crippen molar-refractivity contribution < 1.29 is 18.8 Å². The number of carbonyl (C=O) groups is 3. The Balaban J connectivity index is 1.61. The van der Waals surface area contributed by atoms with Crippen LogP contribution in [0.2, 0.25) is 0 Å². The van der Waals surface area contributed by atoms with Crippen molar-refractivity contribution in [3.05, 3.63) is 54.0 Å². The van der Waals surface area contributed by atoms with E-state index in [0.29, 0.717) is 29.9 Å². The predicted molar refractivity (Wildman–Crippen MR) is 90.9 cm³/mol. The number of nitrogens with one attached hydrogen (secondary N) is 1. The van der Waals surface area contributed by atoms with E-state index in [1.54, 1.807) is 35.2 Å². The van der Waals surface area contributed by atoms with Crippen LogP contribution in [0.15, 0.2) is 47.3 Å². The summed E-state index contributed by atoms with van der Waals surface area (Å²) in [5, 5.41) is 2.82. The van der Waals surface area contributed by atoms with Gasteiger partial charge in [0.25, 0.3) is 5.91 Å². The second kappa shape index (κ2) is 7.21. The average Bonchev–Trinajstić information content (AvgIpc) is 3.16. The zero-order valence-corrected chi connectivity index (χ0v) is 13.6. The summed E-state index contributed by atoms with van der Waals surface area (Å²) in [4.78, 5) is 37.6. The molecule has 3 amide bonds. The summed E-state index contributed by atoms with van der Waals surface area (Å²) in [6, 6.07) is 8.01. The van der Waals surface area contributed by atoms with Crippen LogP contribution in [0, 0.1) is 5.92 Å². The number of anilines is 1. The molecule has 1 fully saturated rings. The van der Waals surface area contributed by atoms with Gasteiger partial charge in [0.1, 0.15) is 6.26 Å². The molecule has 0 bridgehead atoms. The molecule has 3 N–H and O–H groups in total. The second-order valence-corrected chi connectivity index (χ2v) is 6.03. The Labute approximate surface area is 144 Å². The largest absolute Gasteiger partial charge is 0.472 e. The van der Waals surface area contributed by atoms with Gasteiger partial charge in [-0.2, -0.15) is 0 Å². The molecule has 1 aromatic carbocycles. The zero-order valence-electron chi connectivity index (χ0n) is 13.6. The number of hydrogen-bond acceptors (Lipinski definition) is 4. The minimum Gasteiger partial charge on any atom is -0.472 e. The summed E-state index contributed by atoms with van der Waals surface area (Å²) in [5.41, 5.74) is 6.66. The van der Waals surface area contributed by atoms with Crippen LogP contribution in [0.3, 0.4) is 0 Å². The molecular weight excluding hydrogens is 322 g/mol. The lowest BCUT2D eigenvalue weighted by atomic mass is 9.96. The Bertz CT molecular complexity index is 768. The van der Waals surface area contributed by atoms with Crippen molar-refractivity contribution >= 4 is 23.4 Å². The third kappa shape index (κ3) is 3.88. The number of likely N-dealkylation sites (tertiary alicyclic amines) is 1. The van der Waals surface area contributed by atoms with Gasteiger partial charge in [0.2, 0.25) is 11.8 Å². The van der Waals surface area contributed by atoms with Crippen molar-refractivity contribution in [2.45, 2.75) is 12.8 Å². The second-order valence-electron chi connectivity index (χ2n) is 6.03. The molecule has 1 unspecified atom stereocenters. The van der Waals surface area contributed by atoms with Crippen LogP contribution in [0.25, 0.3) is 0 Å². The highest BCUT2D eigenvalue weighted by Gasteiger charge is 2.29. The Hall–Kier alpha value is -3.09. The lowest BCUT2D eigenvalue weighted by molar-refractivity contribution is -0.121. The van der Waals surface area contributed by atoms with E-state index in [2.05, 4.69) is 5.32 Å². The minimum absolute atomic E-state index is 0.128. The number of benzene rings is 1. The Kier molecular flexibility index (Phi) is 4.83. The first-order valence-electron chi connectivity index (χ1n) is 8.07. The number of piperidine rings is 1. The minimum atomic E-state index is -0.515. The van der Waals surface area contributed by atoms with Crippen molar-refractivity contribution in [1.29, 1.82) is 0 Å². The molecule has 3 rings (SSSR count). The molecule has 0 radical (unpaired) electrons. The molecule has 2 aromatic rings. The molecule has 130 valence electrons. The highest BCUT2D eigenvalue weighted by molar-refractivity contribution is 5.97. The molecule has 1 aliphatic heterocycles. The van der Waals surface area contributed by atoms with Gasteiger partial charge in [0.05, 0.1) is 17.7 Å². The Morgan fingerprint density at radius 2 is 1.88 bits per heavy atom. The number of nitrogens with two attached hydrogens (primary N) is 1. The molecule has 7 heteroatoms. The van der Waals surface area contributed by atoms with Gasteiger partial charge in [-0.15, -0.1) is 0 Å². The maximum Gasteiger partial charge on any atom is 0.257 e. The number of rotatable bonds is 4. The molecule has 25 heavy (non-hydrogen) atoms. The van der Waals surface area contributed by atoms with Crippen molar-refractivity contribution in [2.24, 2.45) is 11.7 Å². The first kappa shape index (κ1) is 16.8. The van der Waals surface area contributed by atoms with E-state index in [1.807, 2.05) is 0 Å². The summed E-state index contributed by atoms with van der Waals surface area (Å²) in [6.45, 7) is 0.996. The molecule has 0 aliphatic carbocycles. The van der Waals surface area contributed by atoms with E-state index in [4.69, 9.17) is 10.2 Å². The quantitative estimate of drug-likeness (QED) is 0.885. The summed E-state index contributed by atoms with van der Waals surface area (Å²) >= 11 is 0. The molecule has 0 spiro atoms. The van der Waals surface area contributed by atoms with E-state index in [0.717, 1.165) is 12.8 Å². The third-order valence-electron chi connectivity index (χ3n) is 4.28. The van der Waals surface area contributed by atoms with Gasteiger partial charge in [-0.25, -0.2) is 0 Å². The van der Waals surface area contributed by atoms with Crippen LogP contribution in [-0.2, 0) is 4.79 Å². The molecular formula is C18H19N3O4. The Morgan fingerprint density at radius 1 is 1.12 bits per heavy atom. The number of carbonyl (C=O) groups excluding carboxylic acids is 3. The lowest BCUT2D eigenvalue weighted by Crippen LogP contribution is -2.43. The molecule has 1 saturated heterocycles. The third-order valence-corrected chi connectivity index (χ3v) is 4.28. The number of nitrogens with zero attached hydrogens (tertiary/aromatic N) is 1. The summed E-state index contributed by atoms with van der Waals surface area (Å²) in [7, 11) is 0. The molecule has 0 saturated carbocycles. The van der Waals surface area contributed by atoms with Gasteiger partial charge in [0.15, 0.2) is 0 Å². The maximum absolute atomic E-state index is 12.5. The monoisotopic (exact) mass is 341 g/mol. The predicted octanol–water partition coefficient (Wildman–Crippen LogP) is 1.87. The van der Waals surface area contributed by atoms with Gasteiger partial charge in [-0.1, -0.05) is 0 Å². The van der Waals surface area contributed by atoms with Gasteiger partial charge in [-0.05, 0) is 43.2 Å². The van der Waals surface area contributed by atoms with Gasteiger partial charge >= 0.3 is 0 Å². The molecule has 1 aliphatic rings. The van der Waals surface area contributed by atoms with E-state index in [-0.39, 0.29) is 17.7 Å². The SMILES string of the molecule is NC(=O)c1ccc(NC(=O)C2CCCN(C(=O)c3ccoc3)C2)cc1. The standard InChI is InChI=1S/C18H19N3O4/c19-16(22)12-3-5-15(6-4-12)20-17(23)13-2-1-8-21(10-13)18(24)14-7-9-25-11-14/h3-7,9,11,13H,1-2,8,10H2,(H2,19,22)(H,20,23). The van der Waals surface area contributed by atoms with Crippen LogP contribution in [-0.4, -0.2) is 35.7 Å². The average molecular weight is 341 g/mol. The van der Waals surface area contributed by atoms with E-state index in [1.165, 1.54) is 12.5 Å². The van der Waals surface area contributed by atoms with Crippen LogP contribution >= 0.6 is 0 Å². The number of hydrogen-bond donors (Lipinski definition) is 2. The van der Waals surface area contributed by atoms with Gasteiger partial charge in [-0.3, -0.25) is 14.4 Å². The van der Waals surface area contributed by atoms with E-state index in [9.17, 15) is 14.4 Å². The fourth-order valence-electron chi connectivity index (χ4n) is 2.91. The molecule has 1 atom stereocenters. The zero-order chi connectivity index (χ0) is 17.8. The molecule has 1 aromatic heterocycles. The fraction of sp³-hybridized carbons (Fsp3) is 0.278. The highest BCUT2D eigenvalue weighted by Crippen LogP contribution is 2.21. The van der Waals surface area contributed by atoms with Gasteiger partial charge < -0.3 is 20.4 Å². The topological polar surface area (TPSA) is 106 Å². The number of furan rings is 1.